The summed E-state index contributed by atoms with van der Waals surface area (Å²) in [4.78, 5) is 10.4. The van der Waals surface area contributed by atoms with Crippen molar-refractivity contribution in [3.8, 4) is 5.69 Å². The molecule has 0 saturated carbocycles. The van der Waals surface area contributed by atoms with Crippen molar-refractivity contribution in [3.05, 3.63) is 48.5 Å². The molecule has 0 spiro atoms. The number of benzene rings is 1. The summed E-state index contributed by atoms with van der Waals surface area (Å²) in [6, 6.07) is 8.17. The van der Waals surface area contributed by atoms with E-state index in [0.29, 0.717) is 19.6 Å². The molecule has 2 heterocycles. The van der Waals surface area contributed by atoms with Gasteiger partial charge in [-0.2, -0.15) is 0 Å². The summed E-state index contributed by atoms with van der Waals surface area (Å²) >= 11 is 0. The van der Waals surface area contributed by atoms with Crippen LogP contribution in [-0.2, 0) is 16.4 Å². The largest absolute Gasteiger partial charge is 0.352 e. The van der Waals surface area contributed by atoms with E-state index in [1.807, 2.05) is 33.9 Å². The van der Waals surface area contributed by atoms with Gasteiger partial charge in [0.2, 0.25) is 0 Å². The number of nitrogens with zero attached hydrogens (tertiary/aromatic N) is 4. The van der Waals surface area contributed by atoms with Crippen molar-refractivity contribution < 1.29 is 8.42 Å². The Balaban J connectivity index is 1.68. The van der Waals surface area contributed by atoms with E-state index in [1.165, 1.54) is 0 Å². The molecule has 1 N–H and O–H groups in total. The highest BCUT2D eigenvalue weighted by Crippen LogP contribution is 2.23. The van der Waals surface area contributed by atoms with E-state index >= 15 is 0 Å². The summed E-state index contributed by atoms with van der Waals surface area (Å²) in [5.74, 6) is 0.873. The van der Waals surface area contributed by atoms with Crippen LogP contribution in [0.5, 0.6) is 0 Å². The fraction of sp³-hybridized carbons (Fsp3) is 0.444. The fourth-order valence-corrected chi connectivity index (χ4v) is 4.44. The van der Waals surface area contributed by atoms with Crippen LogP contribution in [0.25, 0.3) is 5.69 Å². The van der Waals surface area contributed by atoms with Crippen LogP contribution in [0.3, 0.4) is 0 Å². The van der Waals surface area contributed by atoms with Crippen molar-refractivity contribution in [2.75, 3.05) is 25.9 Å². The van der Waals surface area contributed by atoms with Gasteiger partial charge < -0.3 is 14.8 Å². The molecule has 1 fully saturated rings. The van der Waals surface area contributed by atoms with Gasteiger partial charge >= 0.3 is 0 Å². The molecule has 2 aromatic rings. The lowest BCUT2D eigenvalue weighted by atomic mass is 10.2. The van der Waals surface area contributed by atoms with E-state index in [-0.39, 0.29) is 5.75 Å². The summed E-state index contributed by atoms with van der Waals surface area (Å²) < 4.78 is 25.6. The molecular formula is C18H25N5O2S. The molecule has 0 radical (unpaired) electrons. The highest BCUT2D eigenvalue weighted by Gasteiger charge is 2.40. The molecule has 3 rings (SSSR count). The van der Waals surface area contributed by atoms with Gasteiger partial charge in [0.05, 0.1) is 16.8 Å². The third-order valence-corrected chi connectivity index (χ3v) is 7.25. The Hall–Kier alpha value is -2.35. The van der Waals surface area contributed by atoms with Gasteiger partial charge in [0, 0.05) is 44.8 Å². The van der Waals surface area contributed by atoms with Crippen LogP contribution in [0, 0.1) is 0 Å². The number of aliphatic imine (C=N–C) groups is 1. The molecule has 140 valence electrons. The summed E-state index contributed by atoms with van der Waals surface area (Å²) in [6.45, 7) is 5.05. The first-order valence-corrected chi connectivity index (χ1v) is 10.2. The number of hydrogen-bond acceptors (Lipinski definition) is 4. The van der Waals surface area contributed by atoms with Crippen molar-refractivity contribution in [2.24, 2.45) is 4.99 Å². The zero-order valence-electron chi connectivity index (χ0n) is 15.4. The average Bonchev–Trinajstić information content (AvgIpc) is 3.13. The summed E-state index contributed by atoms with van der Waals surface area (Å²) in [7, 11) is -1.34. The van der Waals surface area contributed by atoms with E-state index in [0.717, 1.165) is 17.2 Å². The van der Waals surface area contributed by atoms with Crippen LogP contribution >= 0.6 is 0 Å². The number of nitrogens with one attached hydrogen (secondary N) is 1. The molecular weight excluding hydrogens is 350 g/mol. The van der Waals surface area contributed by atoms with Crippen molar-refractivity contribution in [3.63, 3.8) is 0 Å². The summed E-state index contributed by atoms with van der Waals surface area (Å²) in [5.41, 5.74) is 2.16. The maximum atomic E-state index is 12.2. The lowest BCUT2D eigenvalue weighted by molar-refractivity contribution is 0.353. The van der Waals surface area contributed by atoms with Gasteiger partial charge in [-0.15, -0.1) is 0 Å². The van der Waals surface area contributed by atoms with Crippen molar-refractivity contribution in [2.45, 2.75) is 25.1 Å². The SMILES string of the molecule is CN=C(NCc1cccc(-n2ccnc2)c1)N1CCS(=O)(=O)C(C)(C)C1. The van der Waals surface area contributed by atoms with E-state index in [1.54, 1.807) is 33.4 Å². The number of aromatic nitrogens is 2. The molecule has 1 aromatic heterocycles. The van der Waals surface area contributed by atoms with Crippen molar-refractivity contribution >= 4 is 15.8 Å². The first-order valence-electron chi connectivity index (χ1n) is 8.57. The van der Waals surface area contributed by atoms with Crippen LogP contribution in [0.1, 0.15) is 19.4 Å². The number of guanidine groups is 1. The fourth-order valence-electron chi connectivity index (χ4n) is 3.08. The van der Waals surface area contributed by atoms with Crippen LogP contribution in [0.2, 0.25) is 0 Å². The Morgan fingerprint density at radius 2 is 2.19 bits per heavy atom. The van der Waals surface area contributed by atoms with Crippen molar-refractivity contribution in [1.82, 2.24) is 19.8 Å². The Morgan fingerprint density at radius 3 is 2.85 bits per heavy atom. The zero-order chi connectivity index (χ0) is 18.8. The zero-order valence-corrected chi connectivity index (χ0v) is 16.2. The molecule has 1 saturated heterocycles. The van der Waals surface area contributed by atoms with E-state index < -0.39 is 14.6 Å². The van der Waals surface area contributed by atoms with Gasteiger partial charge in [-0.3, -0.25) is 4.99 Å². The Kier molecular flexibility index (Phi) is 5.04. The molecule has 0 amide bonds. The van der Waals surface area contributed by atoms with Crippen molar-refractivity contribution in [1.29, 1.82) is 0 Å². The monoisotopic (exact) mass is 375 g/mol. The first-order chi connectivity index (χ1) is 12.3. The number of hydrogen-bond donors (Lipinski definition) is 1. The van der Waals surface area contributed by atoms with E-state index in [9.17, 15) is 8.42 Å². The van der Waals surface area contributed by atoms with E-state index in [2.05, 4.69) is 21.4 Å². The van der Waals surface area contributed by atoms with Crippen LogP contribution < -0.4 is 5.32 Å². The number of sulfone groups is 1. The predicted molar refractivity (Wildman–Crippen MR) is 103 cm³/mol. The van der Waals surface area contributed by atoms with Gasteiger partial charge in [-0.05, 0) is 31.5 Å². The molecule has 7 nitrogen and oxygen atoms in total. The maximum absolute atomic E-state index is 12.2. The lowest BCUT2D eigenvalue weighted by Crippen LogP contribution is -2.57. The summed E-state index contributed by atoms with van der Waals surface area (Å²) in [5, 5.41) is 3.35. The Labute approximate surface area is 154 Å². The molecule has 0 aliphatic carbocycles. The Bertz CT molecular complexity index is 888. The summed E-state index contributed by atoms with van der Waals surface area (Å²) in [6.07, 6.45) is 5.42. The van der Waals surface area contributed by atoms with Crippen LogP contribution in [0.15, 0.2) is 48.0 Å². The molecule has 0 bridgehead atoms. The van der Waals surface area contributed by atoms with E-state index in [4.69, 9.17) is 0 Å². The Morgan fingerprint density at radius 1 is 1.38 bits per heavy atom. The third-order valence-electron chi connectivity index (χ3n) is 4.72. The molecule has 0 atom stereocenters. The number of imidazole rings is 1. The minimum Gasteiger partial charge on any atom is -0.352 e. The van der Waals surface area contributed by atoms with Crippen LogP contribution in [0.4, 0.5) is 0 Å². The van der Waals surface area contributed by atoms with Gasteiger partial charge in [0.25, 0.3) is 0 Å². The predicted octanol–water partition coefficient (Wildman–Crippen LogP) is 1.46. The number of rotatable bonds is 3. The van der Waals surface area contributed by atoms with Gasteiger partial charge in [0.15, 0.2) is 15.8 Å². The third kappa shape index (κ3) is 3.75. The molecule has 0 unspecified atom stereocenters. The second-order valence-corrected chi connectivity index (χ2v) is 9.78. The lowest BCUT2D eigenvalue weighted by Gasteiger charge is -2.39. The molecule has 1 aliphatic heterocycles. The highest BCUT2D eigenvalue weighted by atomic mass is 32.2. The second-order valence-electron chi connectivity index (χ2n) is 7.04. The smallest absolute Gasteiger partial charge is 0.193 e. The molecule has 1 aliphatic rings. The standard InChI is InChI=1S/C18H25N5O2S/c1-18(2)13-22(9-10-26(18,24)25)17(19-3)21-12-15-5-4-6-16(11-15)23-8-7-20-14-23/h4-8,11,14H,9-10,12-13H2,1-3H3,(H,19,21). The van der Waals surface area contributed by atoms with Gasteiger partial charge in [-0.1, -0.05) is 12.1 Å². The minimum atomic E-state index is -3.07. The average molecular weight is 375 g/mol. The normalized spacial score (nSPS) is 19.3. The molecule has 1 aromatic carbocycles. The minimum absolute atomic E-state index is 0.150. The quantitative estimate of drug-likeness (QED) is 0.649. The van der Waals surface area contributed by atoms with Gasteiger partial charge in [-0.25, -0.2) is 13.4 Å². The first kappa shape index (κ1) is 18.4. The molecule has 8 heteroatoms. The second kappa shape index (κ2) is 7.11. The van der Waals surface area contributed by atoms with Crippen LogP contribution in [-0.4, -0.2) is 59.5 Å². The maximum Gasteiger partial charge on any atom is 0.193 e. The highest BCUT2D eigenvalue weighted by molar-refractivity contribution is 7.92. The van der Waals surface area contributed by atoms with Gasteiger partial charge in [0.1, 0.15) is 0 Å². The topological polar surface area (TPSA) is 79.6 Å². The molecule has 26 heavy (non-hydrogen) atoms.